The van der Waals surface area contributed by atoms with Crippen LogP contribution in [0.1, 0.15) is 27.7 Å². The zero-order valence-electron chi connectivity index (χ0n) is 13.6. The highest BCUT2D eigenvalue weighted by Crippen LogP contribution is 2.40. The van der Waals surface area contributed by atoms with Crippen molar-refractivity contribution in [3.63, 3.8) is 0 Å². The molecule has 2 heterocycles. The van der Waals surface area contributed by atoms with Gasteiger partial charge in [0.2, 0.25) is 0 Å². The van der Waals surface area contributed by atoms with E-state index in [-0.39, 0.29) is 11.2 Å². The molecule has 0 amide bonds. The fourth-order valence-corrected chi connectivity index (χ4v) is 4.53. The summed E-state index contributed by atoms with van der Waals surface area (Å²) in [6.07, 6.45) is 0. The van der Waals surface area contributed by atoms with E-state index in [1.54, 1.807) is 11.3 Å². The monoisotopic (exact) mass is 344 g/mol. The second-order valence-corrected chi connectivity index (χ2v) is 8.48. The summed E-state index contributed by atoms with van der Waals surface area (Å²) in [6.45, 7) is 8.25. The summed E-state index contributed by atoms with van der Waals surface area (Å²) >= 11 is 8.29. The summed E-state index contributed by atoms with van der Waals surface area (Å²) in [4.78, 5) is 0. The highest BCUT2D eigenvalue weighted by atomic mass is 35.5. The van der Waals surface area contributed by atoms with Gasteiger partial charge in [-0.1, -0.05) is 35.9 Å². The van der Waals surface area contributed by atoms with Gasteiger partial charge in [0.15, 0.2) is 0 Å². The molecule has 0 bridgehead atoms. The van der Waals surface area contributed by atoms with Crippen molar-refractivity contribution in [3.8, 4) is 0 Å². The molecule has 0 spiro atoms. The van der Waals surface area contributed by atoms with Gasteiger partial charge in [0.1, 0.15) is 0 Å². The summed E-state index contributed by atoms with van der Waals surface area (Å²) in [5.41, 5.74) is 0.198. The van der Waals surface area contributed by atoms with Gasteiger partial charge in [0, 0.05) is 30.7 Å². The molecule has 3 aromatic rings. The first-order valence-electron chi connectivity index (χ1n) is 7.75. The summed E-state index contributed by atoms with van der Waals surface area (Å²) in [7, 11) is -0.440. The number of hydrogen-bond acceptors (Lipinski definition) is 3. The van der Waals surface area contributed by atoms with Gasteiger partial charge >= 0.3 is 7.12 Å². The summed E-state index contributed by atoms with van der Waals surface area (Å²) < 4.78 is 14.9. The van der Waals surface area contributed by atoms with Crippen molar-refractivity contribution < 1.29 is 9.31 Å². The molecule has 1 saturated heterocycles. The molecule has 1 aliphatic heterocycles. The molecular formula is C18H18BClO2S. The molecule has 0 radical (unpaired) electrons. The minimum atomic E-state index is -0.440. The van der Waals surface area contributed by atoms with Gasteiger partial charge in [0.05, 0.1) is 11.2 Å². The van der Waals surface area contributed by atoms with Crippen molar-refractivity contribution in [2.45, 2.75) is 38.9 Å². The number of rotatable bonds is 1. The maximum atomic E-state index is 6.54. The molecule has 23 heavy (non-hydrogen) atoms. The molecule has 2 aromatic carbocycles. The summed E-state index contributed by atoms with van der Waals surface area (Å²) in [5, 5.41) is 3.16. The molecule has 1 fully saturated rings. The van der Waals surface area contributed by atoms with E-state index >= 15 is 0 Å². The Balaban J connectivity index is 1.95. The molecule has 5 heteroatoms. The molecule has 1 aromatic heterocycles. The average molecular weight is 345 g/mol. The van der Waals surface area contributed by atoms with Gasteiger partial charge in [-0.15, -0.1) is 11.3 Å². The van der Waals surface area contributed by atoms with Crippen molar-refractivity contribution in [1.29, 1.82) is 0 Å². The maximum Gasteiger partial charge on any atom is 0.497 e. The van der Waals surface area contributed by atoms with Gasteiger partial charge < -0.3 is 9.31 Å². The van der Waals surface area contributed by atoms with Crippen molar-refractivity contribution >= 4 is 55.7 Å². The Labute approximate surface area is 145 Å². The van der Waals surface area contributed by atoms with Crippen LogP contribution in [0.15, 0.2) is 36.4 Å². The number of thiophene rings is 1. The lowest BCUT2D eigenvalue weighted by Gasteiger charge is -2.32. The predicted molar refractivity (Wildman–Crippen MR) is 100 cm³/mol. The summed E-state index contributed by atoms with van der Waals surface area (Å²) in [5.74, 6) is 0. The van der Waals surface area contributed by atoms with Crippen LogP contribution in [0.5, 0.6) is 0 Å². The molecule has 118 valence electrons. The van der Waals surface area contributed by atoms with E-state index in [0.29, 0.717) is 5.02 Å². The Morgan fingerprint density at radius 3 is 2.26 bits per heavy atom. The zero-order chi connectivity index (χ0) is 16.4. The molecule has 2 nitrogen and oxygen atoms in total. The lowest BCUT2D eigenvalue weighted by molar-refractivity contribution is 0.00578. The number of hydrogen-bond donors (Lipinski definition) is 0. The first-order chi connectivity index (χ1) is 10.8. The van der Waals surface area contributed by atoms with E-state index in [1.807, 2.05) is 6.07 Å². The normalized spacial score (nSPS) is 19.8. The van der Waals surface area contributed by atoms with Crippen molar-refractivity contribution in [1.82, 2.24) is 0 Å². The first-order valence-corrected chi connectivity index (χ1v) is 8.95. The summed E-state index contributed by atoms with van der Waals surface area (Å²) in [6, 6.07) is 12.5. The first kappa shape index (κ1) is 15.5. The van der Waals surface area contributed by atoms with Gasteiger partial charge in [-0.3, -0.25) is 0 Å². The van der Waals surface area contributed by atoms with Crippen LogP contribution in [0.3, 0.4) is 0 Å². The topological polar surface area (TPSA) is 18.5 Å². The smallest absolute Gasteiger partial charge is 0.399 e. The van der Waals surface area contributed by atoms with Crippen LogP contribution in [0.2, 0.25) is 5.02 Å². The molecule has 4 rings (SSSR count). The zero-order valence-corrected chi connectivity index (χ0v) is 15.2. The molecule has 0 saturated carbocycles. The number of benzene rings is 2. The Kier molecular flexibility index (Phi) is 3.34. The van der Waals surface area contributed by atoms with Gasteiger partial charge in [0.25, 0.3) is 0 Å². The van der Waals surface area contributed by atoms with Crippen LogP contribution in [-0.2, 0) is 9.31 Å². The third-order valence-corrected chi connectivity index (χ3v) is 6.57. The van der Waals surface area contributed by atoms with Crippen LogP contribution in [0.25, 0.3) is 20.2 Å². The second-order valence-electron chi connectivity index (χ2n) is 7.02. The van der Waals surface area contributed by atoms with Gasteiger partial charge in [-0.25, -0.2) is 0 Å². The molecule has 1 aliphatic rings. The van der Waals surface area contributed by atoms with Gasteiger partial charge in [-0.2, -0.15) is 0 Å². The van der Waals surface area contributed by atoms with E-state index in [4.69, 9.17) is 20.9 Å². The molecular weight excluding hydrogens is 327 g/mol. The minimum Gasteiger partial charge on any atom is -0.399 e. The van der Waals surface area contributed by atoms with E-state index in [1.165, 1.54) is 15.5 Å². The number of fused-ring (bicyclic) bond motifs is 3. The van der Waals surface area contributed by atoms with E-state index in [9.17, 15) is 0 Å². The largest absolute Gasteiger partial charge is 0.497 e. The fourth-order valence-electron chi connectivity index (χ4n) is 2.97. The standard InChI is InChI=1S/C18H18BClO2S/c1-17(2)18(3,4)22-19(21-17)15-13(20)10-9-12-11-7-5-6-8-14(11)23-16(12)15/h5-10H,1-4H3. The Hall–Kier alpha value is -1.07. The lowest BCUT2D eigenvalue weighted by Crippen LogP contribution is -2.41. The van der Waals surface area contributed by atoms with Crippen LogP contribution in [-0.4, -0.2) is 18.3 Å². The predicted octanol–water partition coefficient (Wildman–Crippen LogP) is 5.01. The van der Waals surface area contributed by atoms with E-state index in [2.05, 4.69) is 58.0 Å². The number of halogens is 1. The maximum absolute atomic E-state index is 6.54. The van der Waals surface area contributed by atoms with Crippen molar-refractivity contribution in [2.24, 2.45) is 0 Å². The van der Waals surface area contributed by atoms with Crippen LogP contribution < -0.4 is 5.46 Å². The van der Waals surface area contributed by atoms with Crippen molar-refractivity contribution in [2.75, 3.05) is 0 Å². The van der Waals surface area contributed by atoms with Crippen molar-refractivity contribution in [3.05, 3.63) is 41.4 Å². The lowest BCUT2D eigenvalue weighted by atomic mass is 9.78. The molecule has 0 atom stereocenters. The quantitative estimate of drug-likeness (QED) is 0.578. The molecule has 0 unspecified atom stereocenters. The van der Waals surface area contributed by atoms with Crippen LogP contribution in [0.4, 0.5) is 0 Å². The second kappa shape index (κ2) is 4.96. The minimum absolute atomic E-state index is 0.375. The Morgan fingerprint density at radius 2 is 1.57 bits per heavy atom. The molecule has 0 aliphatic carbocycles. The van der Waals surface area contributed by atoms with E-state index in [0.717, 1.165) is 10.2 Å². The fraction of sp³-hybridized carbons (Fsp3) is 0.333. The van der Waals surface area contributed by atoms with Gasteiger partial charge in [-0.05, 0) is 39.8 Å². The van der Waals surface area contributed by atoms with E-state index < -0.39 is 7.12 Å². The highest BCUT2D eigenvalue weighted by Gasteiger charge is 2.52. The average Bonchev–Trinajstić information content (AvgIpc) is 2.93. The van der Waals surface area contributed by atoms with Crippen LogP contribution in [0, 0.1) is 0 Å². The highest BCUT2D eigenvalue weighted by molar-refractivity contribution is 7.27. The molecule has 0 N–H and O–H groups in total. The third-order valence-electron chi connectivity index (χ3n) is 5.02. The Morgan fingerprint density at radius 1 is 0.913 bits per heavy atom. The Bertz CT molecular complexity index is 900. The van der Waals surface area contributed by atoms with Crippen LogP contribution >= 0.6 is 22.9 Å². The third kappa shape index (κ3) is 2.24. The SMILES string of the molecule is CC1(C)OB(c2c(Cl)ccc3c2sc2ccccc23)OC1(C)C.